The van der Waals surface area contributed by atoms with Crippen molar-refractivity contribution in [1.82, 2.24) is 10.2 Å². The Balaban J connectivity index is 1.63. The van der Waals surface area contributed by atoms with Gasteiger partial charge >= 0.3 is 0 Å². The summed E-state index contributed by atoms with van der Waals surface area (Å²) in [5.74, 6) is 1.46. The Morgan fingerprint density at radius 3 is 2.43 bits per heavy atom. The molecule has 0 amide bonds. The molecule has 152 valence electrons. The quantitative estimate of drug-likeness (QED) is 0.439. The van der Waals surface area contributed by atoms with Crippen LogP contribution in [0.5, 0.6) is 17.2 Å². The maximum absolute atomic E-state index is 10.7. The van der Waals surface area contributed by atoms with Crippen molar-refractivity contribution in [2.24, 2.45) is 0 Å². The van der Waals surface area contributed by atoms with Crippen molar-refractivity contribution < 1.29 is 14.6 Å². The SMILES string of the molecule is COc1ccccc1-c1c(-c2ccc(OCc3ccc(C)cc3)cc2O)n[nH]c1C. The lowest BCUT2D eigenvalue weighted by molar-refractivity contribution is 0.304. The van der Waals surface area contributed by atoms with Crippen LogP contribution in [0, 0.1) is 13.8 Å². The standard InChI is InChI=1S/C25H24N2O3/c1-16-8-10-18(11-9-16)15-30-19-12-13-20(22(28)14-19)25-24(17(2)26-27-25)21-6-4-5-7-23(21)29-3/h4-14,28H,15H2,1-3H3,(H,26,27). The minimum absolute atomic E-state index is 0.110. The molecule has 0 atom stereocenters. The number of hydrogen-bond donors (Lipinski definition) is 2. The minimum atomic E-state index is 0.110. The molecule has 0 bridgehead atoms. The van der Waals surface area contributed by atoms with Gasteiger partial charge in [0, 0.05) is 28.5 Å². The molecule has 1 heterocycles. The lowest BCUT2D eigenvalue weighted by Crippen LogP contribution is -1.95. The fourth-order valence-corrected chi connectivity index (χ4v) is 3.46. The third kappa shape index (κ3) is 3.87. The van der Waals surface area contributed by atoms with Crippen LogP contribution >= 0.6 is 0 Å². The number of ether oxygens (including phenoxy) is 2. The number of aromatic nitrogens is 2. The van der Waals surface area contributed by atoms with Gasteiger partial charge < -0.3 is 14.6 Å². The van der Waals surface area contributed by atoms with Crippen LogP contribution in [0.25, 0.3) is 22.4 Å². The van der Waals surface area contributed by atoms with E-state index in [1.807, 2.05) is 55.5 Å². The highest BCUT2D eigenvalue weighted by atomic mass is 16.5. The number of H-pyrrole nitrogens is 1. The van der Waals surface area contributed by atoms with E-state index in [0.29, 0.717) is 23.6 Å². The van der Waals surface area contributed by atoms with Gasteiger partial charge in [-0.05, 0) is 37.6 Å². The van der Waals surface area contributed by atoms with Gasteiger partial charge in [-0.15, -0.1) is 0 Å². The van der Waals surface area contributed by atoms with Crippen LogP contribution in [0.3, 0.4) is 0 Å². The average molecular weight is 400 g/mol. The molecule has 0 radical (unpaired) electrons. The van der Waals surface area contributed by atoms with E-state index in [2.05, 4.69) is 29.3 Å². The summed E-state index contributed by atoms with van der Waals surface area (Å²) in [5, 5.41) is 18.2. The first-order valence-corrected chi connectivity index (χ1v) is 9.77. The third-order valence-corrected chi connectivity index (χ3v) is 5.07. The molecule has 0 aliphatic heterocycles. The summed E-state index contributed by atoms with van der Waals surface area (Å²) < 4.78 is 11.4. The molecule has 2 N–H and O–H groups in total. The van der Waals surface area contributed by atoms with Crippen molar-refractivity contribution in [3.63, 3.8) is 0 Å². The number of hydrogen-bond acceptors (Lipinski definition) is 4. The van der Waals surface area contributed by atoms with Crippen molar-refractivity contribution in [1.29, 1.82) is 0 Å². The molecule has 0 saturated heterocycles. The summed E-state index contributed by atoms with van der Waals surface area (Å²) in [4.78, 5) is 0. The van der Waals surface area contributed by atoms with Gasteiger partial charge in [-0.1, -0.05) is 48.0 Å². The number of phenolic OH excluding ortho intramolecular Hbond substituents is 1. The second kappa shape index (κ2) is 8.33. The third-order valence-electron chi connectivity index (χ3n) is 5.07. The molecule has 3 aromatic carbocycles. The Bertz CT molecular complexity index is 1160. The topological polar surface area (TPSA) is 67.4 Å². The highest BCUT2D eigenvalue weighted by Gasteiger charge is 2.20. The molecular formula is C25H24N2O3. The maximum Gasteiger partial charge on any atom is 0.128 e. The van der Waals surface area contributed by atoms with Gasteiger partial charge in [0.1, 0.15) is 29.5 Å². The van der Waals surface area contributed by atoms with Crippen molar-refractivity contribution in [3.05, 3.63) is 83.6 Å². The normalized spacial score (nSPS) is 10.8. The number of benzene rings is 3. The van der Waals surface area contributed by atoms with E-state index >= 15 is 0 Å². The van der Waals surface area contributed by atoms with E-state index in [-0.39, 0.29) is 5.75 Å². The fraction of sp³-hybridized carbons (Fsp3) is 0.160. The van der Waals surface area contributed by atoms with E-state index in [9.17, 15) is 5.11 Å². The summed E-state index contributed by atoms with van der Waals surface area (Å²) in [6, 6.07) is 21.3. The zero-order chi connectivity index (χ0) is 21.1. The number of methoxy groups -OCH3 is 1. The summed E-state index contributed by atoms with van der Waals surface area (Å²) in [6.07, 6.45) is 0. The molecule has 4 aromatic rings. The van der Waals surface area contributed by atoms with Crippen LogP contribution in [0.4, 0.5) is 0 Å². The molecule has 4 rings (SSSR count). The number of nitrogens with zero attached hydrogens (tertiary/aromatic N) is 1. The molecule has 0 saturated carbocycles. The number of aryl methyl sites for hydroxylation is 2. The fourth-order valence-electron chi connectivity index (χ4n) is 3.46. The highest BCUT2D eigenvalue weighted by Crippen LogP contribution is 2.41. The van der Waals surface area contributed by atoms with Gasteiger partial charge in [0.15, 0.2) is 0 Å². The number of aromatic hydroxyl groups is 1. The van der Waals surface area contributed by atoms with Crippen LogP contribution in [0.2, 0.25) is 0 Å². The monoisotopic (exact) mass is 400 g/mol. The number of para-hydroxylation sites is 1. The van der Waals surface area contributed by atoms with Crippen molar-refractivity contribution >= 4 is 0 Å². The zero-order valence-corrected chi connectivity index (χ0v) is 17.3. The number of aromatic amines is 1. The lowest BCUT2D eigenvalue weighted by Gasteiger charge is -2.12. The van der Waals surface area contributed by atoms with E-state index in [1.165, 1.54) is 5.56 Å². The second-order valence-corrected chi connectivity index (χ2v) is 7.23. The first kappa shape index (κ1) is 19.6. The van der Waals surface area contributed by atoms with Crippen LogP contribution in [-0.2, 0) is 6.61 Å². The van der Waals surface area contributed by atoms with Gasteiger partial charge in [0.05, 0.1) is 7.11 Å². The Labute approximate surface area is 175 Å². The largest absolute Gasteiger partial charge is 0.507 e. The number of phenols is 1. The Kier molecular flexibility index (Phi) is 5.44. The summed E-state index contributed by atoms with van der Waals surface area (Å²) in [6.45, 7) is 4.44. The summed E-state index contributed by atoms with van der Waals surface area (Å²) in [7, 11) is 1.64. The van der Waals surface area contributed by atoms with E-state index in [0.717, 1.165) is 28.1 Å². The molecule has 0 aliphatic carbocycles. The van der Waals surface area contributed by atoms with Crippen molar-refractivity contribution in [2.75, 3.05) is 7.11 Å². The van der Waals surface area contributed by atoms with Gasteiger partial charge in [-0.25, -0.2) is 0 Å². The molecule has 0 unspecified atom stereocenters. The highest BCUT2D eigenvalue weighted by molar-refractivity contribution is 5.87. The molecule has 0 aliphatic rings. The van der Waals surface area contributed by atoms with Crippen LogP contribution in [0.1, 0.15) is 16.8 Å². The molecule has 30 heavy (non-hydrogen) atoms. The van der Waals surface area contributed by atoms with E-state index in [4.69, 9.17) is 9.47 Å². The van der Waals surface area contributed by atoms with Crippen molar-refractivity contribution in [3.8, 4) is 39.6 Å². The van der Waals surface area contributed by atoms with E-state index < -0.39 is 0 Å². The molecule has 1 aromatic heterocycles. The van der Waals surface area contributed by atoms with E-state index in [1.54, 1.807) is 13.2 Å². The van der Waals surface area contributed by atoms with Crippen LogP contribution < -0.4 is 9.47 Å². The number of rotatable bonds is 6. The summed E-state index contributed by atoms with van der Waals surface area (Å²) >= 11 is 0. The zero-order valence-electron chi connectivity index (χ0n) is 17.3. The molecule has 5 nitrogen and oxygen atoms in total. The Morgan fingerprint density at radius 2 is 1.70 bits per heavy atom. The minimum Gasteiger partial charge on any atom is -0.507 e. The Morgan fingerprint density at radius 1 is 0.933 bits per heavy atom. The Hall–Kier alpha value is -3.73. The predicted octanol–water partition coefficient (Wildman–Crippen LogP) is 5.65. The van der Waals surface area contributed by atoms with Gasteiger partial charge in [0.2, 0.25) is 0 Å². The van der Waals surface area contributed by atoms with Gasteiger partial charge in [-0.2, -0.15) is 5.10 Å². The predicted molar refractivity (Wildman–Crippen MR) is 118 cm³/mol. The smallest absolute Gasteiger partial charge is 0.128 e. The van der Waals surface area contributed by atoms with Gasteiger partial charge in [0.25, 0.3) is 0 Å². The van der Waals surface area contributed by atoms with Gasteiger partial charge in [-0.3, -0.25) is 5.10 Å². The first-order valence-electron chi connectivity index (χ1n) is 9.77. The lowest BCUT2D eigenvalue weighted by atomic mass is 9.98. The molecular weight excluding hydrogens is 376 g/mol. The average Bonchev–Trinajstić information content (AvgIpc) is 3.14. The molecule has 5 heteroatoms. The second-order valence-electron chi connectivity index (χ2n) is 7.23. The van der Waals surface area contributed by atoms with Crippen LogP contribution in [0.15, 0.2) is 66.7 Å². The number of nitrogens with one attached hydrogen (secondary N) is 1. The van der Waals surface area contributed by atoms with Crippen molar-refractivity contribution in [2.45, 2.75) is 20.5 Å². The summed E-state index contributed by atoms with van der Waals surface area (Å²) in [5.41, 5.74) is 6.29. The maximum atomic E-state index is 10.7. The first-order chi connectivity index (χ1) is 14.6. The van der Waals surface area contributed by atoms with Crippen LogP contribution in [-0.4, -0.2) is 22.4 Å². The molecule has 0 spiro atoms. The molecule has 0 fully saturated rings.